The first kappa shape index (κ1) is 20.1. The molecular weight excluding hydrogens is 280 g/mol. The van der Waals surface area contributed by atoms with Crippen molar-refractivity contribution in [2.45, 2.75) is 13.8 Å². The third-order valence-electron chi connectivity index (χ3n) is 2.50. The topological polar surface area (TPSA) is 69.9 Å². The summed E-state index contributed by atoms with van der Waals surface area (Å²) in [5, 5.41) is 24.8. The van der Waals surface area contributed by atoms with Crippen molar-refractivity contribution in [3.8, 4) is 16.9 Å². The lowest BCUT2D eigenvalue weighted by Crippen LogP contribution is -1.85. The predicted molar refractivity (Wildman–Crippen MR) is 89.9 cm³/mol. The predicted octanol–water partition coefficient (Wildman–Crippen LogP) is 3.07. The van der Waals surface area contributed by atoms with Gasteiger partial charge < -0.3 is 20.1 Å². The highest BCUT2D eigenvalue weighted by molar-refractivity contribution is 5.69. The first-order valence-electron chi connectivity index (χ1n) is 7.34. The summed E-state index contributed by atoms with van der Waals surface area (Å²) in [5.74, 6) is 0.328. The van der Waals surface area contributed by atoms with Gasteiger partial charge in [0, 0.05) is 18.8 Å². The Hall–Kier alpha value is -1.88. The second-order valence-electron chi connectivity index (χ2n) is 4.11. The molecule has 0 heterocycles. The van der Waals surface area contributed by atoms with Gasteiger partial charge in [-0.05, 0) is 25.5 Å². The van der Waals surface area contributed by atoms with E-state index in [-0.39, 0.29) is 13.2 Å². The SMILES string of the molecule is CCOCC.OCCO.Oc1ccccc1-c1ccccc1. The minimum atomic E-state index is -0.125. The molecule has 4 nitrogen and oxygen atoms in total. The molecule has 0 fully saturated rings. The molecule has 2 aromatic rings. The van der Waals surface area contributed by atoms with E-state index in [4.69, 9.17) is 14.9 Å². The Morgan fingerprint density at radius 2 is 1.27 bits per heavy atom. The van der Waals surface area contributed by atoms with E-state index in [1.165, 1.54) is 0 Å². The molecule has 2 aromatic carbocycles. The van der Waals surface area contributed by atoms with Crippen LogP contribution in [0.4, 0.5) is 0 Å². The third kappa shape index (κ3) is 9.13. The van der Waals surface area contributed by atoms with E-state index in [2.05, 4.69) is 0 Å². The van der Waals surface area contributed by atoms with Crippen LogP contribution in [0.1, 0.15) is 13.8 Å². The summed E-state index contributed by atoms with van der Waals surface area (Å²) in [6.07, 6.45) is 0. The fourth-order valence-electron chi connectivity index (χ4n) is 1.54. The van der Waals surface area contributed by atoms with Crippen LogP contribution < -0.4 is 0 Å². The molecule has 3 N–H and O–H groups in total. The minimum absolute atomic E-state index is 0.125. The highest BCUT2D eigenvalue weighted by atomic mass is 16.5. The molecule has 0 bridgehead atoms. The Bertz CT molecular complexity index is 468. The van der Waals surface area contributed by atoms with Crippen LogP contribution >= 0.6 is 0 Å². The third-order valence-corrected chi connectivity index (χ3v) is 2.50. The van der Waals surface area contributed by atoms with Gasteiger partial charge in [0.25, 0.3) is 0 Å². The highest BCUT2D eigenvalue weighted by Crippen LogP contribution is 2.27. The van der Waals surface area contributed by atoms with Crippen molar-refractivity contribution >= 4 is 0 Å². The highest BCUT2D eigenvalue weighted by Gasteiger charge is 2.00. The minimum Gasteiger partial charge on any atom is -0.507 e. The fourth-order valence-corrected chi connectivity index (χ4v) is 1.54. The lowest BCUT2D eigenvalue weighted by Gasteiger charge is -2.02. The average molecular weight is 306 g/mol. The first-order chi connectivity index (χ1) is 10.7. The zero-order chi connectivity index (χ0) is 16.6. The van der Waals surface area contributed by atoms with Gasteiger partial charge in [0.1, 0.15) is 5.75 Å². The first-order valence-corrected chi connectivity index (χ1v) is 7.34. The summed E-state index contributed by atoms with van der Waals surface area (Å²) in [5.41, 5.74) is 1.92. The molecule has 0 aliphatic rings. The number of aliphatic hydroxyl groups excluding tert-OH is 2. The maximum Gasteiger partial charge on any atom is 0.123 e. The van der Waals surface area contributed by atoms with Crippen molar-refractivity contribution in [1.29, 1.82) is 0 Å². The average Bonchev–Trinajstić information content (AvgIpc) is 2.58. The fraction of sp³-hybridized carbons (Fsp3) is 0.333. The molecule has 0 aliphatic carbocycles. The molecule has 0 aliphatic heterocycles. The van der Waals surface area contributed by atoms with Crippen LogP contribution in [0.25, 0.3) is 11.1 Å². The number of ether oxygens (including phenoxy) is 1. The van der Waals surface area contributed by atoms with E-state index in [0.717, 1.165) is 24.3 Å². The second kappa shape index (κ2) is 14.1. The van der Waals surface area contributed by atoms with Crippen molar-refractivity contribution in [3.05, 3.63) is 54.6 Å². The number of phenols is 1. The molecule has 0 saturated heterocycles. The van der Waals surface area contributed by atoms with Gasteiger partial charge >= 0.3 is 0 Å². The zero-order valence-corrected chi connectivity index (χ0v) is 13.3. The normalized spacial score (nSPS) is 9.09. The van der Waals surface area contributed by atoms with Crippen molar-refractivity contribution in [2.24, 2.45) is 0 Å². The smallest absolute Gasteiger partial charge is 0.123 e. The Morgan fingerprint density at radius 1 is 0.773 bits per heavy atom. The van der Waals surface area contributed by atoms with Crippen LogP contribution in [0.2, 0.25) is 0 Å². The number of rotatable bonds is 4. The summed E-state index contributed by atoms with van der Waals surface area (Å²) < 4.78 is 4.83. The lowest BCUT2D eigenvalue weighted by molar-refractivity contribution is 0.162. The molecular formula is C18H26O4. The number of aliphatic hydroxyl groups is 2. The van der Waals surface area contributed by atoms with Crippen molar-refractivity contribution in [3.63, 3.8) is 0 Å². The molecule has 0 radical (unpaired) electrons. The Balaban J connectivity index is 0.000000411. The largest absolute Gasteiger partial charge is 0.507 e. The van der Waals surface area contributed by atoms with E-state index in [1.807, 2.05) is 62.4 Å². The molecule has 22 heavy (non-hydrogen) atoms. The van der Waals surface area contributed by atoms with Gasteiger partial charge in [-0.3, -0.25) is 0 Å². The Kier molecular flexibility index (Phi) is 12.9. The van der Waals surface area contributed by atoms with E-state index >= 15 is 0 Å². The summed E-state index contributed by atoms with van der Waals surface area (Å²) in [4.78, 5) is 0. The lowest BCUT2D eigenvalue weighted by atomic mass is 10.1. The number of benzene rings is 2. The molecule has 0 atom stereocenters. The van der Waals surface area contributed by atoms with E-state index in [1.54, 1.807) is 6.07 Å². The van der Waals surface area contributed by atoms with Gasteiger partial charge in [-0.25, -0.2) is 0 Å². The Labute approximate surface area is 132 Å². The number of para-hydroxylation sites is 1. The van der Waals surface area contributed by atoms with E-state index in [9.17, 15) is 5.11 Å². The Morgan fingerprint density at radius 3 is 1.68 bits per heavy atom. The van der Waals surface area contributed by atoms with Crippen LogP contribution in [-0.2, 0) is 4.74 Å². The molecule has 0 saturated carbocycles. The van der Waals surface area contributed by atoms with Gasteiger partial charge in [0.05, 0.1) is 13.2 Å². The van der Waals surface area contributed by atoms with Gasteiger partial charge in [-0.1, -0.05) is 48.5 Å². The number of hydrogen-bond acceptors (Lipinski definition) is 4. The van der Waals surface area contributed by atoms with Crippen LogP contribution in [0.5, 0.6) is 5.75 Å². The quantitative estimate of drug-likeness (QED) is 0.812. The van der Waals surface area contributed by atoms with Gasteiger partial charge in [-0.15, -0.1) is 0 Å². The number of hydrogen-bond donors (Lipinski definition) is 3. The van der Waals surface area contributed by atoms with Crippen molar-refractivity contribution in [2.75, 3.05) is 26.4 Å². The van der Waals surface area contributed by atoms with Crippen molar-refractivity contribution in [1.82, 2.24) is 0 Å². The van der Waals surface area contributed by atoms with Gasteiger partial charge in [-0.2, -0.15) is 0 Å². The summed E-state index contributed by atoms with van der Waals surface area (Å²) in [6, 6.07) is 17.2. The maximum absolute atomic E-state index is 9.56. The van der Waals surface area contributed by atoms with E-state index < -0.39 is 0 Å². The van der Waals surface area contributed by atoms with Gasteiger partial charge in [0.15, 0.2) is 0 Å². The van der Waals surface area contributed by atoms with Crippen LogP contribution in [0.15, 0.2) is 54.6 Å². The zero-order valence-electron chi connectivity index (χ0n) is 13.3. The monoisotopic (exact) mass is 306 g/mol. The summed E-state index contributed by atoms with van der Waals surface area (Å²) in [7, 11) is 0. The van der Waals surface area contributed by atoms with Gasteiger partial charge in [0.2, 0.25) is 0 Å². The molecule has 0 spiro atoms. The molecule has 122 valence electrons. The molecule has 0 unspecified atom stereocenters. The summed E-state index contributed by atoms with van der Waals surface area (Å²) >= 11 is 0. The summed E-state index contributed by atoms with van der Waals surface area (Å²) in [6.45, 7) is 5.42. The van der Waals surface area contributed by atoms with Crippen LogP contribution in [0, 0.1) is 0 Å². The molecule has 2 rings (SSSR count). The van der Waals surface area contributed by atoms with Crippen molar-refractivity contribution < 1.29 is 20.1 Å². The van der Waals surface area contributed by atoms with E-state index in [0.29, 0.717) is 5.75 Å². The number of phenolic OH excluding ortho intramolecular Hbond substituents is 1. The maximum atomic E-state index is 9.56. The second-order valence-corrected chi connectivity index (χ2v) is 4.11. The molecule has 0 amide bonds. The standard InChI is InChI=1S/C12H10O.C4H10O.C2H6O2/c13-12-9-5-4-8-11(12)10-6-2-1-3-7-10;1-3-5-4-2;3-1-2-4/h1-9,13H;3-4H2,1-2H3;3-4H,1-2H2. The number of aromatic hydroxyl groups is 1. The molecule has 4 heteroatoms. The molecule has 0 aromatic heterocycles. The van der Waals surface area contributed by atoms with Crippen LogP contribution in [0.3, 0.4) is 0 Å². The van der Waals surface area contributed by atoms with Crippen LogP contribution in [-0.4, -0.2) is 41.7 Å².